The minimum atomic E-state index is -1.32. The van der Waals surface area contributed by atoms with E-state index in [0.717, 1.165) is 5.57 Å². The SMILES string of the molecule is C=C1C(=O)O[C@@H]2/C=C(\C)CC/C=C(/C(=O)OC)C(OC(C)=O)[C@@H](OC(=O)/C(C)=C\C)[C@@H]12. The van der Waals surface area contributed by atoms with Crippen LogP contribution in [-0.2, 0) is 38.1 Å². The number of fused-ring (bicyclic) bond motifs is 1. The molecule has 0 amide bonds. The second-order valence-electron chi connectivity index (χ2n) is 7.50. The number of allylic oxidation sites excluding steroid dienone is 3. The zero-order valence-corrected chi connectivity index (χ0v) is 18.4. The molecule has 31 heavy (non-hydrogen) atoms. The number of rotatable bonds is 4. The van der Waals surface area contributed by atoms with E-state index >= 15 is 0 Å². The van der Waals surface area contributed by atoms with Gasteiger partial charge in [0.15, 0.2) is 12.2 Å². The first-order valence-corrected chi connectivity index (χ1v) is 9.97. The Balaban J connectivity index is 2.70. The Kier molecular flexibility index (Phi) is 7.96. The molecule has 0 spiro atoms. The Morgan fingerprint density at radius 1 is 1.23 bits per heavy atom. The predicted molar refractivity (Wildman–Crippen MR) is 110 cm³/mol. The van der Waals surface area contributed by atoms with E-state index in [9.17, 15) is 19.2 Å². The summed E-state index contributed by atoms with van der Waals surface area (Å²) in [7, 11) is 1.20. The quantitative estimate of drug-likeness (QED) is 0.289. The Hall–Kier alpha value is -3.16. The second-order valence-corrected chi connectivity index (χ2v) is 7.50. The minimum absolute atomic E-state index is 0.0224. The van der Waals surface area contributed by atoms with Gasteiger partial charge in [-0.25, -0.2) is 14.4 Å². The van der Waals surface area contributed by atoms with Gasteiger partial charge in [0.05, 0.1) is 18.6 Å². The molecular formula is C23H28O8. The summed E-state index contributed by atoms with van der Waals surface area (Å²) in [4.78, 5) is 49.6. The van der Waals surface area contributed by atoms with Gasteiger partial charge in [0, 0.05) is 18.1 Å². The molecule has 0 aromatic carbocycles. The molecule has 1 aliphatic carbocycles. The van der Waals surface area contributed by atoms with Crippen molar-refractivity contribution in [1.29, 1.82) is 0 Å². The number of esters is 4. The fourth-order valence-corrected chi connectivity index (χ4v) is 3.53. The predicted octanol–water partition coefficient (Wildman–Crippen LogP) is 2.73. The van der Waals surface area contributed by atoms with Gasteiger partial charge < -0.3 is 18.9 Å². The van der Waals surface area contributed by atoms with Crippen LogP contribution in [0, 0.1) is 5.92 Å². The maximum Gasteiger partial charge on any atom is 0.337 e. The first kappa shape index (κ1) is 24.1. The highest BCUT2D eigenvalue weighted by Gasteiger charge is 2.50. The first-order valence-electron chi connectivity index (χ1n) is 9.97. The summed E-state index contributed by atoms with van der Waals surface area (Å²) in [6.45, 7) is 10.1. The molecule has 1 unspecified atom stereocenters. The van der Waals surface area contributed by atoms with E-state index in [1.807, 2.05) is 6.92 Å². The third kappa shape index (κ3) is 5.51. The summed E-state index contributed by atoms with van der Waals surface area (Å²) in [5.74, 6) is -3.62. The van der Waals surface area contributed by atoms with Gasteiger partial charge >= 0.3 is 23.9 Å². The Labute approximate surface area is 181 Å². The van der Waals surface area contributed by atoms with Crippen LogP contribution in [0.2, 0.25) is 0 Å². The van der Waals surface area contributed by atoms with Crippen LogP contribution in [0.4, 0.5) is 0 Å². The average Bonchev–Trinajstić information content (AvgIpc) is 2.99. The Morgan fingerprint density at radius 3 is 2.48 bits per heavy atom. The van der Waals surface area contributed by atoms with Crippen molar-refractivity contribution in [2.24, 2.45) is 5.92 Å². The van der Waals surface area contributed by atoms with E-state index in [4.69, 9.17) is 18.9 Å². The van der Waals surface area contributed by atoms with Gasteiger partial charge in [0.2, 0.25) is 0 Å². The summed E-state index contributed by atoms with van der Waals surface area (Å²) in [6, 6.07) is 0. The molecule has 0 aromatic heterocycles. The maximum atomic E-state index is 12.7. The molecule has 1 saturated heterocycles. The molecule has 2 rings (SSSR count). The minimum Gasteiger partial charge on any atom is -0.466 e. The fourth-order valence-electron chi connectivity index (χ4n) is 3.53. The molecule has 1 aliphatic heterocycles. The summed E-state index contributed by atoms with van der Waals surface area (Å²) < 4.78 is 21.5. The van der Waals surface area contributed by atoms with Gasteiger partial charge in [0.1, 0.15) is 6.10 Å². The van der Waals surface area contributed by atoms with E-state index in [1.165, 1.54) is 14.0 Å². The highest BCUT2D eigenvalue weighted by molar-refractivity contribution is 5.93. The van der Waals surface area contributed by atoms with Crippen LogP contribution < -0.4 is 0 Å². The van der Waals surface area contributed by atoms with Crippen molar-refractivity contribution < 1.29 is 38.1 Å². The van der Waals surface area contributed by atoms with Crippen LogP contribution in [-0.4, -0.2) is 49.3 Å². The third-order valence-electron chi connectivity index (χ3n) is 5.28. The van der Waals surface area contributed by atoms with E-state index in [1.54, 1.807) is 32.1 Å². The smallest absolute Gasteiger partial charge is 0.337 e. The lowest BCUT2D eigenvalue weighted by atomic mass is 9.83. The molecule has 0 saturated carbocycles. The Morgan fingerprint density at radius 2 is 1.90 bits per heavy atom. The van der Waals surface area contributed by atoms with Crippen LogP contribution in [0.1, 0.15) is 40.5 Å². The molecular weight excluding hydrogens is 404 g/mol. The molecule has 2 aliphatic rings. The molecule has 168 valence electrons. The molecule has 8 heteroatoms. The monoisotopic (exact) mass is 432 g/mol. The molecule has 0 bridgehead atoms. The average molecular weight is 432 g/mol. The van der Waals surface area contributed by atoms with Gasteiger partial charge in [-0.1, -0.05) is 24.3 Å². The topological polar surface area (TPSA) is 105 Å². The van der Waals surface area contributed by atoms with Crippen molar-refractivity contribution in [3.63, 3.8) is 0 Å². The number of hydrogen-bond donors (Lipinski definition) is 0. The molecule has 1 heterocycles. The van der Waals surface area contributed by atoms with Crippen molar-refractivity contribution >= 4 is 23.9 Å². The van der Waals surface area contributed by atoms with E-state index < -0.39 is 48.1 Å². The van der Waals surface area contributed by atoms with E-state index in [2.05, 4.69) is 6.58 Å². The number of hydrogen-bond acceptors (Lipinski definition) is 8. The van der Waals surface area contributed by atoms with Gasteiger partial charge in [-0.05, 0) is 39.7 Å². The third-order valence-corrected chi connectivity index (χ3v) is 5.28. The van der Waals surface area contributed by atoms with Crippen LogP contribution in [0.25, 0.3) is 0 Å². The molecule has 8 nitrogen and oxygen atoms in total. The summed E-state index contributed by atoms with van der Waals surface area (Å²) in [5, 5.41) is 0. The van der Waals surface area contributed by atoms with Crippen molar-refractivity contribution in [3.05, 3.63) is 47.1 Å². The van der Waals surface area contributed by atoms with Gasteiger partial charge in [-0.15, -0.1) is 0 Å². The molecule has 0 N–H and O–H groups in total. The number of methoxy groups -OCH3 is 1. The van der Waals surface area contributed by atoms with Gasteiger partial charge in [0.25, 0.3) is 0 Å². The second kappa shape index (κ2) is 10.2. The highest BCUT2D eigenvalue weighted by Crippen LogP contribution is 2.38. The van der Waals surface area contributed by atoms with Crippen LogP contribution >= 0.6 is 0 Å². The number of carbonyl (C=O) groups is 4. The summed E-state index contributed by atoms with van der Waals surface area (Å²) in [6.07, 6.45) is 2.58. The number of carbonyl (C=O) groups excluding carboxylic acids is 4. The van der Waals surface area contributed by atoms with Crippen LogP contribution in [0.3, 0.4) is 0 Å². The van der Waals surface area contributed by atoms with Crippen molar-refractivity contribution in [2.45, 2.75) is 58.8 Å². The maximum absolute atomic E-state index is 12.7. The van der Waals surface area contributed by atoms with Crippen molar-refractivity contribution in [1.82, 2.24) is 0 Å². The number of ether oxygens (including phenoxy) is 4. The highest BCUT2D eigenvalue weighted by atomic mass is 16.6. The van der Waals surface area contributed by atoms with E-state index in [0.29, 0.717) is 18.4 Å². The lowest BCUT2D eigenvalue weighted by molar-refractivity contribution is -0.167. The summed E-state index contributed by atoms with van der Waals surface area (Å²) >= 11 is 0. The van der Waals surface area contributed by atoms with Crippen LogP contribution in [0.15, 0.2) is 47.1 Å². The first-order chi connectivity index (χ1) is 14.6. The Bertz CT molecular complexity index is 876. The largest absolute Gasteiger partial charge is 0.466 e. The zero-order chi connectivity index (χ0) is 23.3. The lowest BCUT2D eigenvalue weighted by Gasteiger charge is -2.33. The molecule has 4 atom stereocenters. The van der Waals surface area contributed by atoms with E-state index in [-0.39, 0.29) is 11.1 Å². The fraction of sp³-hybridized carbons (Fsp3) is 0.478. The standard InChI is InChI=1S/C23H28O8/c1-7-13(3)21(25)31-20-18-14(4)22(26)30-17(18)11-12(2)9-8-10-16(23(27)28-6)19(20)29-15(5)24/h7,10-11,17-20H,4,8-9H2,1-3,5-6H3/b12-11+,13-7-,16-10+/t17-,18+,19?,20+/m1/s1. The van der Waals surface area contributed by atoms with Gasteiger partial charge in [-0.2, -0.15) is 0 Å². The van der Waals surface area contributed by atoms with Crippen LogP contribution in [0.5, 0.6) is 0 Å². The van der Waals surface area contributed by atoms with Crippen molar-refractivity contribution in [3.8, 4) is 0 Å². The molecule has 0 radical (unpaired) electrons. The van der Waals surface area contributed by atoms with Gasteiger partial charge in [-0.3, -0.25) is 4.79 Å². The summed E-state index contributed by atoms with van der Waals surface area (Å²) in [5.41, 5.74) is 1.31. The lowest BCUT2D eigenvalue weighted by Crippen LogP contribution is -2.46. The zero-order valence-electron chi connectivity index (χ0n) is 18.4. The normalized spacial score (nSPS) is 30.0. The molecule has 1 fully saturated rings. The molecule has 0 aromatic rings. The van der Waals surface area contributed by atoms with Crippen molar-refractivity contribution in [2.75, 3.05) is 7.11 Å².